The van der Waals surface area contributed by atoms with E-state index in [9.17, 15) is 10.4 Å². The zero-order valence-corrected chi connectivity index (χ0v) is 19.0. The lowest BCUT2D eigenvalue weighted by Gasteiger charge is -2.17. The Labute approximate surface area is 201 Å². The van der Waals surface area contributed by atoms with Crippen molar-refractivity contribution in [2.24, 2.45) is 0 Å². The summed E-state index contributed by atoms with van der Waals surface area (Å²) in [6.45, 7) is 1.79. The second kappa shape index (κ2) is 9.36. The molecule has 35 heavy (non-hydrogen) atoms. The number of pyridine rings is 1. The molecule has 0 bridgehead atoms. The van der Waals surface area contributed by atoms with Crippen molar-refractivity contribution in [2.75, 3.05) is 30.8 Å². The first-order chi connectivity index (χ1) is 17.0. The van der Waals surface area contributed by atoms with Gasteiger partial charge in [-0.25, -0.2) is 19.6 Å². The van der Waals surface area contributed by atoms with E-state index in [1.54, 1.807) is 35.1 Å². The van der Waals surface area contributed by atoms with Crippen LogP contribution in [0.25, 0.3) is 22.6 Å². The molecule has 3 aromatic heterocycles. The third kappa shape index (κ3) is 4.60. The quantitative estimate of drug-likeness (QED) is 0.428. The first kappa shape index (κ1) is 22.2. The zero-order valence-electron chi connectivity index (χ0n) is 19.0. The van der Waals surface area contributed by atoms with Crippen molar-refractivity contribution in [3.05, 3.63) is 59.9 Å². The van der Waals surface area contributed by atoms with Gasteiger partial charge in [0.25, 0.3) is 0 Å². The highest BCUT2D eigenvalue weighted by atomic mass is 16.5. The highest BCUT2D eigenvalue weighted by Crippen LogP contribution is 2.33. The fourth-order valence-electron chi connectivity index (χ4n) is 4.12. The number of hydrogen-bond donors (Lipinski definition) is 2. The van der Waals surface area contributed by atoms with E-state index < -0.39 is 0 Å². The molecule has 4 aromatic rings. The largest absolute Gasteiger partial charge is 0.495 e. The van der Waals surface area contributed by atoms with Crippen molar-refractivity contribution in [1.82, 2.24) is 29.9 Å². The molecule has 1 saturated heterocycles. The van der Waals surface area contributed by atoms with Crippen molar-refractivity contribution in [3.8, 4) is 34.5 Å². The summed E-state index contributed by atoms with van der Waals surface area (Å²) in [7, 11) is 1.51. The molecule has 3 N–H and O–H groups in total. The molecule has 1 aliphatic heterocycles. The molecule has 11 heteroatoms. The van der Waals surface area contributed by atoms with Gasteiger partial charge >= 0.3 is 0 Å². The molecule has 0 radical (unpaired) electrons. The minimum atomic E-state index is -0.314. The number of ether oxygens (including phenoxy) is 1. The van der Waals surface area contributed by atoms with Crippen LogP contribution >= 0.6 is 0 Å². The van der Waals surface area contributed by atoms with Gasteiger partial charge in [-0.15, -0.1) is 5.10 Å². The molecule has 4 heterocycles. The predicted octanol–water partition coefficient (Wildman–Crippen LogP) is 1.88. The van der Waals surface area contributed by atoms with Gasteiger partial charge in [-0.2, -0.15) is 5.26 Å². The zero-order chi connectivity index (χ0) is 24.4. The van der Waals surface area contributed by atoms with E-state index in [0.717, 1.165) is 24.5 Å². The minimum Gasteiger partial charge on any atom is -0.495 e. The second-order valence-corrected chi connectivity index (χ2v) is 8.17. The lowest BCUT2D eigenvalue weighted by Crippen LogP contribution is -2.22. The number of aliphatic hydroxyl groups excluding tert-OH is 1. The van der Waals surface area contributed by atoms with E-state index >= 15 is 0 Å². The van der Waals surface area contributed by atoms with Gasteiger partial charge in [-0.05, 0) is 36.8 Å². The summed E-state index contributed by atoms with van der Waals surface area (Å²) < 4.78 is 7.13. The lowest BCUT2D eigenvalue weighted by atomic mass is 10.1. The fourth-order valence-corrected chi connectivity index (χ4v) is 4.12. The number of rotatable bonds is 6. The summed E-state index contributed by atoms with van der Waals surface area (Å²) in [5.74, 6) is 1.32. The molecule has 1 aliphatic rings. The smallest absolute Gasteiger partial charge is 0.221 e. The monoisotopic (exact) mass is 469 g/mol. The molecule has 0 unspecified atom stereocenters. The number of β-amino-alcohol motifs (C(OH)–C–C–N with tert-alkyl or cyclic N) is 1. The summed E-state index contributed by atoms with van der Waals surface area (Å²) >= 11 is 0. The van der Waals surface area contributed by atoms with E-state index in [0.29, 0.717) is 47.0 Å². The number of nitrogen functional groups attached to an aromatic ring is 1. The van der Waals surface area contributed by atoms with Crippen LogP contribution in [0.2, 0.25) is 0 Å². The first-order valence-corrected chi connectivity index (χ1v) is 11.1. The topological polar surface area (TPSA) is 152 Å². The number of nitrogens with zero attached hydrogens (tertiary/aromatic N) is 8. The number of anilines is 2. The molecule has 1 atom stereocenters. The summed E-state index contributed by atoms with van der Waals surface area (Å²) in [4.78, 5) is 15.4. The number of nitriles is 1. The lowest BCUT2D eigenvalue weighted by molar-refractivity contribution is 0.198. The Morgan fingerprint density at radius 3 is 2.74 bits per heavy atom. The third-order valence-corrected chi connectivity index (χ3v) is 5.76. The van der Waals surface area contributed by atoms with Gasteiger partial charge in [-0.1, -0.05) is 17.3 Å². The molecule has 176 valence electrons. The Hall–Kier alpha value is -4.56. The molecule has 11 nitrogen and oxygen atoms in total. The summed E-state index contributed by atoms with van der Waals surface area (Å²) in [6.07, 6.45) is 2.20. The maximum Gasteiger partial charge on any atom is 0.221 e. The average molecular weight is 470 g/mol. The van der Waals surface area contributed by atoms with Crippen LogP contribution in [-0.4, -0.2) is 61.4 Å². The molecule has 5 rings (SSSR count). The Balaban J connectivity index is 1.41. The summed E-state index contributed by atoms with van der Waals surface area (Å²) in [5, 5.41) is 27.7. The Morgan fingerprint density at radius 2 is 1.97 bits per heavy atom. The second-order valence-electron chi connectivity index (χ2n) is 8.17. The number of hydrogen-bond acceptors (Lipinski definition) is 10. The number of aromatic nitrogens is 6. The van der Waals surface area contributed by atoms with Gasteiger partial charge in [0.15, 0.2) is 0 Å². The first-order valence-electron chi connectivity index (χ1n) is 11.1. The third-order valence-electron chi connectivity index (χ3n) is 5.76. The van der Waals surface area contributed by atoms with E-state index in [2.05, 4.69) is 31.2 Å². The highest BCUT2D eigenvalue weighted by molar-refractivity contribution is 5.74. The maximum absolute atomic E-state index is 9.81. The summed E-state index contributed by atoms with van der Waals surface area (Å²) in [6, 6.07) is 14.9. The van der Waals surface area contributed by atoms with Crippen LogP contribution in [-0.2, 0) is 6.54 Å². The van der Waals surface area contributed by atoms with Crippen LogP contribution in [0.15, 0.2) is 48.7 Å². The number of nitrogens with two attached hydrogens (primary N) is 1. The van der Waals surface area contributed by atoms with Gasteiger partial charge in [-0.3, -0.25) is 0 Å². The molecule has 0 saturated carbocycles. The van der Waals surface area contributed by atoms with Crippen LogP contribution in [0.1, 0.15) is 17.7 Å². The molecular weight excluding hydrogens is 446 g/mol. The highest BCUT2D eigenvalue weighted by Gasteiger charge is 2.21. The van der Waals surface area contributed by atoms with Crippen LogP contribution in [0.3, 0.4) is 0 Å². The van der Waals surface area contributed by atoms with Crippen LogP contribution in [0.4, 0.5) is 11.8 Å². The molecule has 0 aliphatic carbocycles. The standard InChI is InChI=1S/C24H23N9O2/c1-35-23-15(11-25)4-2-6-18(23)19-10-20(29-24(26)28-19)21-14-33(31-30-21)12-16-5-3-7-22(27-16)32-9-8-17(34)13-32/h2-7,10,14,17,34H,8-9,12-13H2,1H3,(H2,26,28,29)/t17-/m1/s1. The van der Waals surface area contributed by atoms with Crippen molar-refractivity contribution >= 4 is 11.8 Å². The van der Waals surface area contributed by atoms with Crippen LogP contribution in [0.5, 0.6) is 5.75 Å². The summed E-state index contributed by atoms with van der Waals surface area (Å²) in [5.41, 5.74) is 9.37. The molecular formula is C24H23N9O2. The van der Waals surface area contributed by atoms with E-state index in [4.69, 9.17) is 15.5 Å². The van der Waals surface area contributed by atoms with Gasteiger partial charge in [0, 0.05) is 18.7 Å². The molecule has 0 amide bonds. The number of benzene rings is 1. The molecule has 1 fully saturated rings. The van der Waals surface area contributed by atoms with Gasteiger partial charge in [0.1, 0.15) is 23.3 Å². The van der Waals surface area contributed by atoms with Crippen molar-refractivity contribution in [1.29, 1.82) is 5.26 Å². The van der Waals surface area contributed by atoms with Crippen LogP contribution < -0.4 is 15.4 Å². The normalized spacial score (nSPS) is 15.2. The Bertz CT molecular complexity index is 1410. The fraction of sp³-hybridized carbons (Fsp3) is 0.250. The van der Waals surface area contributed by atoms with Crippen molar-refractivity contribution in [2.45, 2.75) is 19.1 Å². The van der Waals surface area contributed by atoms with Gasteiger partial charge in [0.05, 0.1) is 48.6 Å². The Morgan fingerprint density at radius 1 is 1.14 bits per heavy atom. The van der Waals surface area contributed by atoms with Crippen LogP contribution in [0, 0.1) is 11.3 Å². The van der Waals surface area contributed by atoms with E-state index in [-0.39, 0.29) is 12.1 Å². The number of aliphatic hydroxyl groups is 1. The number of para-hydroxylation sites is 1. The van der Waals surface area contributed by atoms with Crippen molar-refractivity contribution < 1.29 is 9.84 Å². The average Bonchev–Trinajstić information content (AvgIpc) is 3.52. The SMILES string of the molecule is COc1c(C#N)cccc1-c1cc(-c2cn(Cc3cccc(N4CC[C@@H](O)C4)n3)nn2)nc(N)n1. The minimum absolute atomic E-state index is 0.0682. The number of methoxy groups -OCH3 is 1. The van der Waals surface area contributed by atoms with Crippen molar-refractivity contribution in [3.63, 3.8) is 0 Å². The predicted molar refractivity (Wildman–Crippen MR) is 128 cm³/mol. The van der Waals surface area contributed by atoms with E-state index in [1.165, 1.54) is 7.11 Å². The van der Waals surface area contributed by atoms with Gasteiger partial charge in [0.2, 0.25) is 5.95 Å². The maximum atomic E-state index is 9.81. The van der Waals surface area contributed by atoms with E-state index in [1.807, 2.05) is 18.2 Å². The van der Waals surface area contributed by atoms with Gasteiger partial charge < -0.3 is 20.5 Å². The molecule has 0 spiro atoms. The Kier molecular flexibility index (Phi) is 5.95. The molecule has 1 aromatic carbocycles.